The highest BCUT2D eigenvalue weighted by atomic mass is 35.5. The molecule has 0 radical (unpaired) electrons. The molecule has 42 heavy (non-hydrogen) atoms. The first kappa shape index (κ1) is 29.3. The van der Waals surface area contributed by atoms with Crippen LogP contribution in [0.3, 0.4) is 0 Å². The maximum atomic E-state index is 16.0. The van der Waals surface area contributed by atoms with Crippen molar-refractivity contribution in [2.45, 2.75) is 87.4 Å². The molecule has 6 rings (SSSR count). The number of pyridine rings is 1. The molecule has 5 atom stereocenters. The quantitative estimate of drug-likeness (QED) is 0.384. The molecule has 1 aromatic heterocycles. The number of hydrogen-bond donors (Lipinski definition) is 4. The van der Waals surface area contributed by atoms with E-state index in [9.17, 15) is 14.4 Å². The van der Waals surface area contributed by atoms with Gasteiger partial charge < -0.3 is 21.1 Å². The van der Waals surface area contributed by atoms with Crippen LogP contribution in [0.5, 0.6) is 0 Å². The number of primary amides is 1. The van der Waals surface area contributed by atoms with Crippen LogP contribution in [0.1, 0.15) is 69.4 Å². The third kappa shape index (κ3) is 4.49. The highest BCUT2D eigenvalue weighted by molar-refractivity contribution is 6.31. The van der Waals surface area contributed by atoms with Crippen LogP contribution in [0.25, 0.3) is 0 Å². The van der Waals surface area contributed by atoms with Gasteiger partial charge in [-0.2, -0.15) is 0 Å². The molecule has 3 aliphatic heterocycles. The van der Waals surface area contributed by atoms with Crippen molar-refractivity contribution < 1.29 is 23.5 Å². The summed E-state index contributed by atoms with van der Waals surface area (Å²) in [5.41, 5.74) is 3.88. The fourth-order valence-electron chi connectivity index (χ4n) is 7.67. The van der Waals surface area contributed by atoms with Gasteiger partial charge in [-0.1, -0.05) is 55.2 Å². The third-order valence-electron chi connectivity index (χ3n) is 9.86. The van der Waals surface area contributed by atoms with Crippen molar-refractivity contribution in [3.63, 3.8) is 0 Å². The minimum atomic E-state index is -1.38. The average Bonchev–Trinajstić information content (AvgIpc) is 3.40. The first-order valence-corrected chi connectivity index (χ1v) is 15.1. The lowest BCUT2D eigenvalue weighted by molar-refractivity contribution is -0.134. The normalized spacial score (nSPS) is 31.1. The summed E-state index contributed by atoms with van der Waals surface area (Å²) in [5.74, 6) is -2.63. The van der Waals surface area contributed by atoms with Gasteiger partial charge in [-0.05, 0) is 61.6 Å². The largest absolute Gasteiger partial charge is 0.367 e. The number of fused-ring (bicyclic) bond motifs is 3. The van der Waals surface area contributed by atoms with Crippen LogP contribution >= 0.6 is 23.2 Å². The number of ether oxygens (including phenoxy) is 1. The lowest BCUT2D eigenvalue weighted by Crippen LogP contribution is -2.61. The van der Waals surface area contributed by atoms with E-state index in [1.807, 2.05) is 0 Å². The third-order valence-corrected chi connectivity index (χ3v) is 10.4. The fraction of sp³-hybridized carbons (Fsp3) is 0.533. The Morgan fingerprint density at radius 3 is 2.52 bits per heavy atom. The Morgan fingerprint density at radius 2 is 1.86 bits per heavy atom. The lowest BCUT2D eigenvalue weighted by Gasteiger charge is -2.50. The predicted octanol–water partition coefficient (Wildman–Crippen LogP) is 3.96. The molecule has 12 heteroatoms. The van der Waals surface area contributed by atoms with E-state index in [1.54, 1.807) is 24.3 Å². The van der Waals surface area contributed by atoms with Crippen molar-refractivity contribution in [3.8, 4) is 0 Å². The number of carbonyl (C=O) groups is 3. The van der Waals surface area contributed by atoms with E-state index in [0.717, 1.165) is 12.8 Å². The van der Waals surface area contributed by atoms with Crippen molar-refractivity contribution in [1.29, 1.82) is 0 Å². The van der Waals surface area contributed by atoms with Gasteiger partial charge in [-0.25, -0.2) is 9.37 Å². The van der Waals surface area contributed by atoms with Crippen LogP contribution < -0.4 is 21.7 Å². The number of anilines is 1. The van der Waals surface area contributed by atoms with Gasteiger partial charge in [-0.15, -0.1) is 0 Å². The first-order chi connectivity index (χ1) is 19.9. The molecule has 1 aromatic carbocycles. The van der Waals surface area contributed by atoms with Gasteiger partial charge in [-0.3, -0.25) is 19.7 Å². The van der Waals surface area contributed by atoms with E-state index >= 15 is 4.39 Å². The zero-order chi connectivity index (χ0) is 30.0. The van der Waals surface area contributed by atoms with E-state index in [2.05, 4.69) is 34.8 Å². The molecule has 3 amide bonds. The average molecular weight is 619 g/mol. The molecule has 2 saturated heterocycles. The first-order valence-electron chi connectivity index (χ1n) is 14.3. The number of rotatable bonds is 4. The summed E-state index contributed by atoms with van der Waals surface area (Å²) in [6.07, 6.45) is 2.88. The maximum absolute atomic E-state index is 16.0. The Kier molecular flexibility index (Phi) is 7.28. The van der Waals surface area contributed by atoms with Crippen LogP contribution in [0.15, 0.2) is 30.3 Å². The number of benzene rings is 1. The fourth-order valence-corrected chi connectivity index (χ4v) is 8.00. The van der Waals surface area contributed by atoms with Gasteiger partial charge in [0.2, 0.25) is 17.7 Å². The summed E-state index contributed by atoms with van der Waals surface area (Å²) in [6, 6.07) is 6.67. The zero-order valence-electron chi connectivity index (χ0n) is 23.4. The summed E-state index contributed by atoms with van der Waals surface area (Å²) < 4.78 is 21.6. The molecule has 1 saturated carbocycles. The standard InChI is InChI=1S/C30H34Cl2FN5O4/c1-28(2)10-12-29(13-11-28)30(17-7-9-20(32)36-25(17)37-27(30)41)21(16-4-3-5-18(31)22(16)33)23(38-29)26(40)35-15-6-8-19(24(34)39)42-14-15/h3-5,7,9,15,19,21,23,38H,6,8,10-14H2,1-2H3,(H2,34,39)(H,35,40)(H,36,37,41)/t15-,19+,21+,23-,30-/m1/s1. The minimum absolute atomic E-state index is 0.0256. The number of nitrogens with two attached hydrogens (primary N) is 1. The molecule has 9 nitrogen and oxygen atoms in total. The SMILES string of the molecule is CC1(C)CCC2(CC1)N[C@@H](C(=O)N[C@@H]1CC[C@@H](C(N)=O)OC1)[C@H](c1cccc(Cl)c1F)[C@]21C(=O)Nc2nc(Cl)ccc21. The molecule has 2 aromatic rings. The summed E-state index contributed by atoms with van der Waals surface area (Å²) in [5, 5.41) is 9.70. The van der Waals surface area contributed by atoms with Gasteiger partial charge in [0.15, 0.2) is 0 Å². The summed E-state index contributed by atoms with van der Waals surface area (Å²) in [4.78, 5) is 44.7. The minimum Gasteiger partial charge on any atom is -0.367 e. The Balaban J connectivity index is 1.49. The predicted molar refractivity (Wildman–Crippen MR) is 156 cm³/mol. The van der Waals surface area contributed by atoms with Gasteiger partial charge in [0.25, 0.3) is 0 Å². The second-order valence-electron chi connectivity index (χ2n) is 12.8. The van der Waals surface area contributed by atoms with Crippen LogP contribution in [0, 0.1) is 11.2 Å². The maximum Gasteiger partial charge on any atom is 0.246 e. The molecule has 4 aliphatic rings. The van der Waals surface area contributed by atoms with Crippen LogP contribution in [0.2, 0.25) is 10.2 Å². The van der Waals surface area contributed by atoms with E-state index in [-0.39, 0.29) is 39.7 Å². The number of halogens is 3. The van der Waals surface area contributed by atoms with E-state index in [1.165, 1.54) is 6.07 Å². The zero-order valence-corrected chi connectivity index (χ0v) is 24.9. The number of hydrogen-bond acceptors (Lipinski definition) is 6. The number of aromatic nitrogens is 1. The van der Waals surface area contributed by atoms with Crippen molar-refractivity contribution in [3.05, 3.63) is 57.5 Å². The smallest absolute Gasteiger partial charge is 0.246 e. The van der Waals surface area contributed by atoms with Crippen LogP contribution in [-0.2, 0) is 24.5 Å². The number of nitrogens with one attached hydrogen (secondary N) is 3. The summed E-state index contributed by atoms with van der Waals surface area (Å²) in [6.45, 7) is 4.48. The molecular weight excluding hydrogens is 584 g/mol. The van der Waals surface area contributed by atoms with E-state index < -0.39 is 46.6 Å². The Labute approximate surface area is 253 Å². The van der Waals surface area contributed by atoms with Gasteiger partial charge >= 0.3 is 0 Å². The number of amides is 3. The van der Waals surface area contributed by atoms with Crippen molar-refractivity contribution >= 4 is 46.7 Å². The molecular formula is C30H34Cl2FN5O4. The van der Waals surface area contributed by atoms with Crippen LogP contribution in [-0.4, -0.2) is 53.0 Å². The molecule has 3 fully saturated rings. The van der Waals surface area contributed by atoms with Crippen molar-refractivity contribution in [1.82, 2.24) is 15.6 Å². The van der Waals surface area contributed by atoms with Gasteiger partial charge in [0.05, 0.1) is 23.7 Å². The van der Waals surface area contributed by atoms with E-state index in [0.29, 0.717) is 37.1 Å². The van der Waals surface area contributed by atoms with Crippen LogP contribution in [0.4, 0.5) is 10.2 Å². The highest BCUT2D eigenvalue weighted by Crippen LogP contribution is 2.63. The molecule has 0 bridgehead atoms. The van der Waals surface area contributed by atoms with Crippen molar-refractivity contribution in [2.75, 3.05) is 11.9 Å². The Hall–Kier alpha value is -2.79. The molecule has 2 spiro atoms. The van der Waals surface area contributed by atoms with Gasteiger partial charge in [0.1, 0.15) is 28.3 Å². The molecule has 0 unspecified atom stereocenters. The molecule has 4 heterocycles. The highest BCUT2D eigenvalue weighted by Gasteiger charge is 2.73. The molecule has 5 N–H and O–H groups in total. The molecule has 224 valence electrons. The second kappa shape index (κ2) is 10.4. The Morgan fingerprint density at radius 1 is 1.12 bits per heavy atom. The summed E-state index contributed by atoms with van der Waals surface area (Å²) in [7, 11) is 0. The van der Waals surface area contributed by atoms with Crippen molar-refractivity contribution in [2.24, 2.45) is 11.1 Å². The summed E-state index contributed by atoms with van der Waals surface area (Å²) >= 11 is 12.5. The monoisotopic (exact) mass is 617 g/mol. The van der Waals surface area contributed by atoms with E-state index in [4.69, 9.17) is 33.7 Å². The van der Waals surface area contributed by atoms with Gasteiger partial charge in [0, 0.05) is 17.0 Å². The topological polar surface area (TPSA) is 135 Å². The molecule has 1 aliphatic carbocycles. The number of carbonyl (C=O) groups excluding carboxylic acids is 3. The second-order valence-corrected chi connectivity index (χ2v) is 13.6. The lowest BCUT2D eigenvalue weighted by atomic mass is 9.53. The Bertz CT molecular complexity index is 1450. The number of nitrogens with zero attached hydrogens (tertiary/aromatic N) is 1.